The molecule has 5 heteroatoms. The monoisotopic (exact) mass is 462 g/mol. The fourth-order valence-electron chi connectivity index (χ4n) is 5.78. The highest BCUT2D eigenvalue weighted by Gasteiger charge is 2.28. The minimum Gasteiger partial charge on any atom is -0.491 e. The van der Waals surface area contributed by atoms with Crippen LogP contribution in [0.4, 0.5) is 17.6 Å². The van der Waals surface area contributed by atoms with Crippen LogP contribution in [-0.2, 0) is 6.42 Å². The summed E-state index contributed by atoms with van der Waals surface area (Å²) in [7, 11) is 0. The largest absolute Gasteiger partial charge is 0.491 e. The van der Waals surface area contributed by atoms with Crippen molar-refractivity contribution in [1.29, 1.82) is 0 Å². The van der Waals surface area contributed by atoms with E-state index in [1.807, 2.05) is 12.1 Å². The lowest BCUT2D eigenvalue weighted by Gasteiger charge is -2.30. The molecule has 0 spiro atoms. The van der Waals surface area contributed by atoms with Gasteiger partial charge in [0.15, 0.2) is 23.2 Å². The summed E-state index contributed by atoms with van der Waals surface area (Å²) in [4.78, 5) is 0. The van der Waals surface area contributed by atoms with Crippen LogP contribution >= 0.6 is 0 Å². The molecule has 0 atom stereocenters. The highest BCUT2D eigenvalue weighted by Crippen LogP contribution is 2.41. The van der Waals surface area contributed by atoms with E-state index in [-0.39, 0.29) is 24.2 Å². The van der Waals surface area contributed by atoms with Crippen molar-refractivity contribution in [1.82, 2.24) is 0 Å². The fraction of sp³-hybridized carbons (Fsp3) is 0.571. The summed E-state index contributed by atoms with van der Waals surface area (Å²) >= 11 is 0. The number of halogens is 4. The molecule has 1 nitrogen and oxygen atoms in total. The van der Waals surface area contributed by atoms with Crippen molar-refractivity contribution < 1.29 is 22.3 Å². The SMILES string of the molecule is CCOc1ccc(CCC2CCC(c3ccc(C4CCCCC4)c(F)c3F)CC2)c(F)c1F. The van der Waals surface area contributed by atoms with E-state index in [9.17, 15) is 17.6 Å². The Balaban J connectivity index is 1.34. The normalized spacial score (nSPS) is 21.8. The Hall–Kier alpha value is -2.04. The molecule has 33 heavy (non-hydrogen) atoms. The Morgan fingerprint density at radius 2 is 1.30 bits per heavy atom. The van der Waals surface area contributed by atoms with E-state index in [1.54, 1.807) is 13.0 Å². The second kappa shape index (κ2) is 10.9. The van der Waals surface area contributed by atoms with Crippen LogP contribution in [0.2, 0.25) is 0 Å². The van der Waals surface area contributed by atoms with Gasteiger partial charge in [0.1, 0.15) is 0 Å². The van der Waals surface area contributed by atoms with Gasteiger partial charge in [-0.1, -0.05) is 37.5 Å². The summed E-state index contributed by atoms with van der Waals surface area (Å²) in [5.41, 5.74) is 1.42. The second-order valence-electron chi connectivity index (χ2n) is 9.75. The predicted octanol–water partition coefficient (Wildman–Crippen LogP) is 8.60. The molecule has 0 aliphatic heterocycles. The van der Waals surface area contributed by atoms with Crippen LogP contribution < -0.4 is 4.74 Å². The van der Waals surface area contributed by atoms with Gasteiger partial charge in [-0.05, 0) is 98.8 Å². The number of aryl methyl sites for hydroxylation is 1. The zero-order chi connectivity index (χ0) is 23.4. The molecule has 2 fully saturated rings. The van der Waals surface area contributed by atoms with Crippen molar-refractivity contribution in [2.75, 3.05) is 6.61 Å². The summed E-state index contributed by atoms with van der Waals surface area (Å²) < 4.78 is 63.4. The lowest BCUT2D eigenvalue weighted by Crippen LogP contribution is -2.16. The Labute approximate surface area is 194 Å². The molecule has 180 valence electrons. The summed E-state index contributed by atoms with van der Waals surface area (Å²) in [5.74, 6) is -2.56. The quantitative estimate of drug-likeness (QED) is 0.374. The molecule has 0 radical (unpaired) electrons. The van der Waals surface area contributed by atoms with Crippen molar-refractivity contribution in [3.8, 4) is 5.75 Å². The van der Waals surface area contributed by atoms with Crippen LogP contribution in [0.15, 0.2) is 24.3 Å². The Kier molecular flexibility index (Phi) is 7.98. The van der Waals surface area contributed by atoms with Crippen LogP contribution in [-0.4, -0.2) is 6.61 Å². The summed E-state index contributed by atoms with van der Waals surface area (Å²) in [5, 5.41) is 0. The topological polar surface area (TPSA) is 9.23 Å². The number of hydrogen-bond donors (Lipinski definition) is 0. The molecule has 0 saturated heterocycles. The Morgan fingerprint density at radius 3 is 1.91 bits per heavy atom. The first kappa shape index (κ1) is 24.1. The second-order valence-corrected chi connectivity index (χ2v) is 9.75. The van der Waals surface area contributed by atoms with E-state index in [4.69, 9.17) is 4.74 Å². The maximum Gasteiger partial charge on any atom is 0.200 e. The maximum absolute atomic E-state index is 15.0. The smallest absolute Gasteiger partial charge is 0.200 e. The highest BCUT2D eigenvalue weighted by atomic mass is 19.2. The van der Waals surface area contributed by atoms with Gasteiger partial charge in [-0.25, -0.2) is 13.2 Å². The van der Waals surface area contributed by atoms with Crippen molar-refractivity contribution in [2.24, 2.45) is 5.92 Å². The van der Waals surface area contributed by atoms with Crippen LogP contribution in [0, 0.1) is 29.2 Å². The molecular formula is C28H34F4O. The van der Waals surface area contributed by atoms with Crippen molar-refractivity contribution >= 4 is 0 Å². The van der Waals surface area contributed by atoms with E-state index in [2.05, 4.69) is 0 Å². The Bertz CT molecular complexity index is 943. The van der Waals surface area contributed by atoms with Gasteiger partial charge in [-0.2, -0.15) is 4.39 Å². The standard InChI is InChI=1S/C28H34F4O/c1-2-33-24-17-14-21(25(29)28(24)32)13-10-18-8-11-20(12-9-18)23-16-15-22(26(30)27(23)31)19-6-4-3-5-7-19/h14-20H,2-13H2,1H3. The van der Waals surface area contributed by atoms with Gasteiger partial charge >= 0.3 is 0 Å². The van der Waals surface area contributed by atoms with Crippen molar-refractivity contribution in [2.45, 2.75) is 89.4 Å². The third-order valence-corrected chi connectivity index (χ3v) is 7.72. The van der Waals surface area contributed by atoms with Gasteiger partial charge < -0.3 is 4.74 Å². The van der Waals surface area contributed by atoms with Crippen LogP contribution in [0.1, 0.15) is 99.7 Å². The lowest BCUT2D eigenvalue weighted by molar-refractivity contribution is 0.300. The van der Waals surface area contributed by atoms with E-state index in [1.165, 1.54) is 12.5 Å². The molecule has 2 aromatic rings. The molecule has 0 aromatic heterocycles. The van der Waals surface area contributed by atoms with Crippen molar-refractivity contribution in [3.63, 3.8) is 0 Å². The third kappa shape index (κ3) is 5.38. The van der Waals surface area contributed by atoms with E-state index in [0.29, 0.717) is 29.0 Å². The zero-order valence-electron chi connectivity index (χ0n) is 19.4. The molecule has 0 unspecified atom stereocenters. The van der Waals surface area contributed by atoms with Gasteiger partial charge in [0.25, 0.3) is 0 Å². The van der Waals surface area contributed by atoms with Crippen LogP contribution in [0.3, 0.4) is 0 Å². The minimum absolute atomic E-state index is 0.0239. The van der Waals surface area contributed by atoms with Gasteiger partial charge in [0.05, 0.1) is 6.61 Å². The molecular weight excluding hydrogens is 428 g/mol. The third-order valence-electron chi connectivity index (χ3n) is 7.72. The molecule has 0 bridgehead atoms. The number of rotatable bonds is 7. The van der Waals surface area contributed by atoms with Gasteiger partial charge in [0.2, 0.25) is 5.82 Å². The summed E-state index contributed by atoms with van der Waals surface area (Å²) in [6, 6.07) is 6.72. The first-order valence-electron chi connectivity index (χ1n) is 12.6. The number of hydrogen-bond acceptors (Lipinski definition) is 1. The lowest BCUT2D eigenvalue weighted by atomic mass is 9.76. The van der Waals surface area contributed by atoms with Crippen molar-refractivity contribution in [3.05, 3.63) is 64.2 Å². The van der Waals surface area contributed by atoms with Crippen LogP contribution in [0.5, 0.6) is 5.75 Å². The van der Waals surface area contributed by atoms with Gasteiger partial charge in [-0.3, -0.25) is 0 Å². The molecule has 2 saturated carbocycles. The molecule has 2 aliphatic rings. The Morgan fingerprint density at radius 1 is 0.697 bits per heavy atom. The van der Waals surface area contributed by atoms with E-state index < -0.39 is 23.3 Å². The summed E-state index contributed by atoms with van der Waals surface area (Å²) in [6.45, 7) is 2.01. The van der Waals surface area contributed by atoms with Crippen LogP contribution in [0.25, 0.3) is 0 Å². The first-order valence-corrected chi connectivity index (χ1v) is 12.6. The molecule has 2 aromatic carbocycles. The van der Waals surface area contributed by atoms with E-state index >= 15 is 0 Å². The first-order chi connectivity index (χ1) is 16.0. The van der Waals surface area contributed by atoms with Gasteiger partial charge in [-0.15, -0.1) is 0 Å². The average Bonchev–Trinajstić information content (AvgIpc) is 2.84. The minimum atomic E-state index is -0.924. The molecule has 2 aliphatic carbocycles. The molecule has 0 N–H and O–H groups in total. The fourth-order valence-corrected chi connectivity index (χ4v) is 5.78. The summed E-state index contributed by atoms with van der Waals surface area (Å²) in [6.07, 6.45) is 9.83. The molecule has 0 amide bonds. The zero-order valence-corrected chi connectivity index (χ0v) is 19.4. The highest BCUT2D eigenvalue weighted by molar-refractivity contribution is 5.32. The predicted molar refractivity (Wildman–Crippen MR) is 123 cm³/mol. The molecule has 4 rings (SSSR count). The average molecular weight is 463 g/mol. The van der Waals surface area contributed by atoms with E-state index in [0.717, 1.165) is 57.8 Å². The van der Waals surface area contributed by atoms with Gasteiger partial charge in [0, 0.05) is 0 Å². The number of benzene rings is 2. The number of ether oxygens (including phenoxy) is 1. The maximum atomic E-state index is 15.0. The molecule has 0 heterocycles.